The molecular weight excluding hydrogens is 211 g/mol. The van der Waals surface area contributed by atoms with Gasteiger partial charge >= 0.3 is 5.97 Å². The average Bonchev–Trinajstić information content (AvgIpc) is 2.27. The number of carboxylic acid groups (broad SMARTS) is 1. The molecule has 0 fully saturated rings. The molecule has 0 saturated heterocycles. The number of nitrogens with zero attached hydrogens (tertiary/aromatic N) is 1. The number of nitrogens with one attached hydrogen (secondary N) is 1. The largest absolute Gasteiger partial charge is 0.480 e. The Labute approximate surface area is 92.3 Å². The van der Waals surface area contributed by atoms with Gasteiger partial charge in [0.2, 0.25) is 0 Å². The van der Waals surface area contributed by atoms with Crippen molar-refractivity contribution in [3.05, 3.63) is 35.1 Å². The number of hydrogen-bond acceptors (Lipinski definition) is 3. The standard InChI is InChI=1S/C11H11FN2O2/c1-7(11(15)16)14-6-9-4-8(5-13)2-3-10(9)12/h2-4,7,14H,6H2,1H3,(H,15,16)/t7-/m0/s1. The van der Waals surface area contributed by atoms with E-state index in [1.807, 2.05) is 6.07 Å². The van der Waals surface area contributed by atoms with Gasteiger partial charge in [0.1, 0.15) is 11.9 Å². The number of benzene rings is 1. The van der Waals surface area contributed by atoms with E-state index in [1.54, 1.807) is 0 Å². The van der Waals surface area contributed by atoms with Crippen LogP contribution in [0.2, 0.25) is 0 Å². The minimum absolute atomic E-state index is 0.0782. The Morgan fingerprint density at radius 3 is 2.94 bits per heavy atom. The zero-order valence-corrected chi connectivity index (χ0v) is 8.70. The Morgan fingerprint density at radius 1 is 1.69 bits per heavy atom. The van der Waals surface area contributed by atoms with Crippen LogP contribution in [0.5, 0.6) is 0 Å². The molecule has 2 N–H and O–H groups in total. The molecule has 0 bridgehead atoms. The fraction of sp³-hybridized carbons (Fsp3) is 0.273. The van der Waals surface area contributed by atoms with Gasteiger partial charge in [0.25, 0.3) is 0 Å². The highest BCUT2D eigenvalue weighted by Crippen LogP contribution is 2.09. The molecule has 5 heteroatoms. The summed E-state index contributed by atoms with van der Waals surface area (Å²) in [4.78, 5) is 10.5. The number of aliphatic carboxylic acids is 1. The lowest BCUT2D eigenvalue weighted by Crippen LogP contribution is -2.33. The van der Waals surface area contributed by atoms with Gasteiger partial charge in [0.15, 0.2) is 0 Å². The summed E-state index contributed by atoms with van der Waals surface area (Å²) in [6.45, 7) is 1.54. The predicted octanol–water partition coefficient (Wildman–Crippen LogP) is 1.26. The van der Waals surface area contributed by atoms with Crippen molar-refractivity contribution in [2.45, 2.75) is 19.5 Å². The molecule has 0 amide bonds. The van der Waals surface area contributed by atoms with E-state index in [9.17, 15) is 9.18 Å². The first-order valence-corrected chi connectivity index (χ1v) is 4.69. The molecule has 0 aliphatic carbocycles. The van der Waals surface area contributed by atoms with Crippen LogP contribution in [0.1, 0.15) is 18.1 Å². The van der Waals surface area contributed by atoms with Gasteiger partial charge in [-0.05, 0) is 25.1 Å². The SMILES string of the molecule is C[C@H](NCc1cc(C#N)ccc1F)C(=O)O. The van der Waals surface area contributed by atoms with E-state index in [4.69, 9.17) is 10.4 Å². The van der Waals surface area contributed by atoms with Gasteiger partial charge < -0.3 is 10.4 Å². The molecular formula is C11H11FN2O2. The highest BCUT2D eigenvalue weighted by molar-refractivity contribution is 5.72. The van der Waals surface area contributed by atoms with Gasteiger partial charge in [-0.2, -0.15) is 5.26 Å². The predicted molar refractivity (Wildman–Crippen MR) is 55.1 cm³/mol. The first-order chi connectivity index (χ1) is 7.54. The van der Waals surface area contributed by atoms with Crippen LogP contribution in [0.3, 0.4) is 0 Å². The smallest absolute Gasteiger partial charge is 0.320 e. The minimum Gasteiger partial charge on any atom is -0.480 e. The molecule has 1 rings (SSSR count). The first-order valence-electron chi connectivity index (χ1n) is 4.69. The maximum absolute atomic E-state index is 13.3. The summed E-state index contributed by atoms with van der Waals surface area (Å²) in [5.41, 5.74) is 0.633. The lowest BCUT2D eigenvalue weighted by Gasteiger charge is -2.09. The second-order valence-electron chi connectivity index (χ2n) is 3.36. The first kappa shape index (κ1) is 12.1. The summed E-state index contributed by atoms with van der Waals surface area (Å²) in [5, 5.41) is 19.9. The quantitative estimate of drug-likeness (QED) is 0.804. The molecule has 0 saturated carbocycles. The van der Waals surface area contributed by atoms with Crippen molar-refractivity contribution in [2.75, 3.05) is 0 Å². The van der Waals surface area contributed by atoms with Gasteiger partial charge in [-0.1, -0.05) is 0 Å². The third-order valence-corrected chi connectivity index (χ3v) is 2.14. The van der Waals surface area contributed by atoms with Crippen molar-refractivity contribution in [1.82, 2.24) is 5.32 Å². The van der Waals surface area contributed by atoms with Gasteiger partial charge in [0.05, 0.1) is 11.6 Å². The molecule has 0 aliphatic heterocycles. The van der Waals surface area contributed by atoms with Crippen molar-refractivity contribution >= 4 is 5.97 Å². The second kappa shape index (κ2) is 5.24. The van der Waals surface area contributed by atoms with Gasteiger partial charge in [-0.15, -0.1) is 0 Å². The highest BCUT2D eigenvalue weighted by atomic mass is 19.1. The summed E-state index contributed by atoms with van der Waals surface area (Å²) in [6, 6.07) is 5.10. The molecule has 16 heavy (non-hydrogen) atoms. The second-order valence-corrected chi connectivity index (χ2v) is 3.36. The van der Waals surface area contributed by atoms with E-state index in [2.05, 4.69) is 5.32 Å². The number of nitriles is 1. The number of carbonyl (C=O) groups is 1. The Morgan fingerprint density at radius 2 is 2.38 bits per heavy atom. The molecule has 0 radical (unpaired) electrons. The molecule has 0 heterocycles. The topological polar surface area (TPSA) is 73.1 Å². The third kappa shape index (κ3) is 3.04. The van der Waals surface area contributed by atoms with Crippen molar-refractivity contribution in [2.24, 2.45) is 0 Å². The summed E-state index contributed by atoms with van der Waals surface area (Å²) >= 11 is 0. The number of halogens is 1. The maximum atomic E-state index is 13.3. The average molecular weight is 222 g/mol. The van der Waals surface area contributed by atoms with E-state index < -0.39 is 17.8 Å². The normalized spacial score (nSPS) is 11.8. The minimum atomic E-state index is -1.00. The third-order valence-electron chi connectivity index (χ3n) is 2.14. The van der Waals surface area contributed by atoms with Crippen LogP contribution in [-0.2, 0) is 11.3 Å². The summed E-state index contributed by atoms with van der Waals surface area (Å²) in [7, 11) is 0. The Hall–Kier alpha value is -1.93. The zero-order chi connectivity index (χ0) is 12.1. The fourth-order valence-electron chi connectivity index (χ4n) is 1.13. The Balaban J connectivity index is 2.74. The molecule has 0 aliphatic rings. The van der Waals surface area contributed by atoms with Crippen LogP contribution in [0, 0.1) is 17.1 Å². The summed E-state index contributed by atoms with van der Waals surface area (Å²) < 4.78 is 13.3. The van der Waals surface area contributed by atoms with E-state index in [1.165, 1.54) is 25.1 Å². The molecule has 0 unspecified atom stereocenters. The van der Waals surface area contributed by atoms with Crippen molar-refractivity contribution < 1.29 is 14.3 Å². The van der Waals surface area contributed by atoms with Crippen molar-refractivity contribution in [3.63, 3.8) is 0 Å². The van der Waals surface area contributed by atoms with Crippen LogP contribution in [0.4, 0.5) is 4.39 Å². The molecule has 84 valence electrons. The van der Waals surface area contributed by atoms with Crippen LogP contribution < -0.4 is 5.32 Å². The van der Waals surface area contributed by atoms with Crippen LogP contribution in [0.15, 0.2) is 18.2 Å². The van der Waals surface area contributed by atoms with E-state index >= 15 is 0 Å². The molecule has 1 aromatic carbocycles. The van der Waals surface area contributed by atoms with Crippen molar-refractivity contribution in [3.8, 4) is 6.07 Å². The molecule has 0 aromatic heterocycles. The molecule has 0 spiro atoms. The van der Waals surface area contributed by atoms with Gasteiger partial charge in [0, 0.05) is 12.1 Å². The van der Waals surface area contributed by atoms with Gasteiger partial charge in [-0.3, -0.25) is 4.79 Å². The monoisotopic (exact) mass is 222 g/mol. The highest BCUT2D eigenvalue weighted by Gasteiger charge is 2.11. The maximum Gasteiger partial charge on any atom is 0.320 e. The lowest BCUT2D eigenvalue weighted by molar-refractivity contribution is -0.139. The number of carboxylic acids is 1. The Kier molecular flexibility index (Phi) is 3.97. The number of hydrogen-bond donors (Lipinski definition) is 2. The van der Waals surface area contributed by atoms with Crippen LogP contribution in [-0.4, -0.2) is 17.1 Å². The van der Waals surface area contributed by atoms with E-state index in [0.29, 0.717) is 5.56 Å². The van der Waals surface area contributed by atoms with E-state index in [0.717, 1.165) is 0 Å². The molecule has 1 atom stereocenters. The van der Waals surface area contributed by atoms with Crippen molar-refractivity contribution in [1.29, 1.82) is 5.26 Å². The molecule has 4 nitrogen and oxygen atoms in total. The van der Waals surface area contributed by atoms with Crippen LogP contribution >= 0.6 is 0 Å². The number of rotatable bonds is 4. The van der Waals surface area contributed by atoms with Crippen LogP contribution in [0.25, 0.3) is 0 Å². The van der Waals surface area contributed by atoms with E-state index in [-0.39, 0.29) is 12.1 Å². The summed E-state index contributed by atoms with van der Waals surface area (Å²) in [6.07, 6.45) is 0. The fourth-order valence-corrected chi connectivity index (χ4v) is 1.13. The zero-order valence-electron chi connectivity index (χ0n) is 8.70. The molecule has 1 aromatic rings. The van der Waals surface area contributed by atoms with Gasteiger partial charge in [-0.25, -0.2) is 4.39 Å². The lowest BCUT2D eigenvalue weighted by atomic mass is 10.1. The Bertz CT molecular complexity index is 440. The summed E-state index contributed by atoms with van der Waals surface area (Å²) in [5.74, 6) is -1.46.